The van der Waals surface area contributed by atoms with Crippen LogP contribution in [0.15, 0.2) is 146 Å². The molecule has 0 aromatic carbocycles. The third-order valence-electron chi connectivity index (χ3n) is 13.1. The molecule has 1 atom stereocenters. The maximum Gasteiger partial charge on any atom is 0.306 e. The fourth-order valence-corrected chi connectivity index (χ4v) is 8.36. The minimum Gasteiger partial charge on any atom is -0.462 e. The fraction of sp³-hybridized carbons (Fsp3) is 0.625. The first-order valence-electron chi connectivity index (χ1n) is 31.8. The molecular weight excluding hydrogens is 961 g/mol. The summed E-state index contributed by atoms with van der Waals surface area (Å²) in [4.78, 5) is 38.3. The SMILES string of the molecule is CC/C=C\C/C=C\C/C=C\C/C=C\C/C=C\C/C=C\C/C=C\CCCC(=O)OCC(COC(=O)CCCCCCC/C=C\CCCCCCC)OC(=O)CCCCCCCCCCCC/C=C\C/C=C\C/C=C\C/C=C\CC. The molecule has 0 heterocycles. The largest absolute Gasteiger partial charge is 0.462 e. The van der Waals surface area contributed by atoms with Crippen molar-refractivity contribution >= 4 is 17.9 Å². The van der Waals surface area contributed by atoms with E-state index in [0.717, 1.165) is 128 Å². The molecule has 0 aliphatic rings. The van der Waals surface area contributed by atoms with Gasteiger partial charge in [-0.15, -0.1) is 0 Å². The first-order chi connectivity index (χ1) is 38.5. The first kappa shape index (κ1) is 73.3. The zero-order valence-electron chi connectivity index (χ0n) is 50.4. The summed E-state index contributed by atoms with van der Waals surface area (Å²) in [7, 11) is 0. The Morgan fingerprint density at radius 1 is 0.269 bits per heavy atom. The summed E-state index contributed by atoms with van der Waals surface area (Å²) in [5, 5.41) is 0. The van der Waals surface area contributed by atoms with Gasteiger partial charge in [0, 0.05) is 19.3 Å². The van der Waals surface area contributed by atoms with Crippen LogP contribution in [0.4, 0.5) is 0 Å². The molecule has 0 aliphatic carbocycles. The molecule has 6 nitrogen and oxygen atoms in total. The Hall–Kier alpha value is -4.71. The number of esters is 3. The Morgan fingerprint density at radius 3 is 0.846 bits per heavy atom. The third-order valence-corrected chi connectivity index (χ3v) is 13.1. The molecule has 0 spiro atoms. The summed E-state index contributed by atoms with van der Waals surface area (Å²) in [6.07, 6.45) is 92.8. The summed E-state index contributed by atoms with van der Waals surface area (Å²) in [6.45, 7) is 6.35. The molecule has 0 N–H and O–H groups in total. The summed E-state index contributed by atoms with van der Waals surface area (Å²) in [5.74, 6) is -0.981. The van der Waals surface area contributed by atoms with Crippen molar-refractivity contribution < 1.29 is 28.6 Å². The monoisotopic (exact) mass is 1080 g/mol. The minimum atomic E-state index is -0.815. The second-order valence-corrected chi connectivity index (χ2v) is 20.5. The molecule has 6 heteroatoms. The second kappa shape index (κ2) is 64.8. The van der Waals surface area contributed by atoms with Gasteiger partial charge in [-0.25, -0.2) is 0 Å². The molecule has 0 saturated carbocycles. The van der Waals surface area contributed by atoms with Gasteiger partial charge in [-0.05, 0) is 135 Å². The standard InChI is InChI=1S/C72H116O6/c1-4-7-10-13-16-19-22-25-28-30-32-34-36-38-40-42-44-47-50-53-56-59-62-65-71(74)77-68-69(67-76-70(73)64-61-58-55-52-49-46-27-24-21-18-15-12-9-6-3)78-72(75)66-63-60-57-54-51-48-45-43-41-39-37-35-33-31-29-26-23-20-17-14-11-8-5-2/h7-8,10-11,16-17,19-20,24-29,32-35,38,40,44,47,53,56,69H,4-6,9,12-15,18,21-23,30-31,36-37,39,41-43,45-46,48-52,54-55,57-68H2,1-3H3/b10-7-,11-8-,19-16-,20-17-,27-24-,28-25-,29-26-,34-32-,35-33-,40-38-,47-44-,56-53-. The van der Waals surface area contributed by atoms with Crippen LogP contribution in [0.2, 0.25) is 0 Å². The zero-order chi connectivity index (χ0) is 56.4. The van der Waals surface area contributed by atoms with Crippen molar-refractivity contribution in [3.8, 4) is 0 Å². The lowest BCUT2D eigenvalue weighted by Gasteiger charge is -2.18. The summed E-state index contributed by atoms with van der Waals surface area (Å²) in [6, 6.07) is 0. The van der Waals surface area contributed by atoms with Crippen LogP contribution in [-0.4, -0.2) is 37.2 Å². The van der Waals surface area contributed by atoms with Crippen LogP contribution in [0.5, 0.6) is 0 Å². The number of ether oxygens (including phenoxy) is 3. The van der Waals surface area contributed by atoms with Crippen molar-refractivity contribution in [3.63, 3.8) is 0 Å². The zero-order valence-corrected chi connectivity index (χ0v) is 50.4. The average molecular weight is 1080 g/mol. The molecule has 0 fully saturated rings. The number of allylic oxidation sites excluding steroid dienone is 24. The number of hydrogen-bond donors (Lipinski definition) is 0. The van der Waals surface area contributed by atoms with Crippen molar-refractivity contribution in [2.45, 2.75) is 277 Å². The van der Waals surface area contributed by atoms with E-state index in [4.69, 9.17) is 14.2 Å². The molecule has 0 saturated heterocycles. The van der Waals surface area contributed by atoms with Crippen LogP contribution in [0.1, 0.15) is 271 Å². The van der Waals surface area contributed by atoms with E-state index in [-0.39, 0.29) is 37.5 Å². The van der Waals surface area contributed by atoms with E-state index in [1.54, 1.807) is 0 Å². The van der Waals surface area contributed by atoms with Gasteiger partial charge in [0.2, 0.25) is 0 Å². The van der Waals surface area contributed by atoms with Gasteiger partial charge < -0.3 is 14.2 Å². The Kier molecular flexibility index (Phi) is 60.9. The summed E-state index contributed by atoms with van der Waals surface area (Å²) in [5.41, 5.74) is 0. The molecule has 0 radical (unpaired) electrons. The Morgan fingerprint density at radius 2 is 0.513 bits per heavy atom. The maximum atomic E-state index is 12.9. The highest BCUT2D eigenvalue weighted by Crippen LogP contribution is 2.15. The molecule has 0 aromatic rings. The highest BCUT2D eigenvalue weighted by molar-refractivity contribution is 5.71. The molecule has 78 heavy (non-hydrogen) atoms. The van der Waals surface area contributed by atoms with Gasteiger partial charge >= 0.3 is 17.9 Å². The van der Waals surface area contributed by atoms with E-state index in [9.17, 15) is 14.4 Å². The van der Waals surface area contributed by atoms with Crippen molar-refractivity contribution in [3.05, 3.63) is 146 Å². The Balaban J connectivity index is 4.49. The normalized spacial score (nSPS) is 13.1. The van der Waals surface area contributed by atoms with Gasteiger partial charge in [-0.1, -0.05) is 263 Å². The minimum absolute atomic E-state index is 0.107. The van der Waals surface area contributed by atoms with Gasteiger partial charge in [0.25, 0.3) is 0 Å². The van der Waals surface area contributed by atoms with E-state index in [2.05, 4.69) is 167 Å². The lowest BCUT2D eigenvalue weighted by Crippen LogP contribution is -2.30. The van der Waals surface area contributed by atoms with E-state index in [1.165, 1.54) is 96.3 Å². The van der Waals surface area contributed by atoms with Gasteiger partial charge in [-0.3, -0.25) is 14.4 Å². The lowest BCUT2D eigenvalue weighted by atomic mass is 10.0. The van der Waals surface area contributed by atoms with Crippen molar-refractivity contribution in [1.29, 1.82) is 0 Å². The van der Waals surface area contributed by atoms with Gasteiger partial charge in [0.1, 0.15) is 13.2 Å². The van der Waals surface area contributed by atoms with Gasteiger partial charge in [-0.2, -0.15) is 0 Å². The van der Waals surface area contributed by atoms with E-state index in [1.807, 2.05) is 0 Å². The van der Waals surface area contributed by atoms with E-state index in [0.29, 0.717) is 19.3 Å². The van der Waals surface area contributed by atoms with E-state index < -0.39 is 6.10 Å². The van der Waals surface area contributed by atoms with Crippen LogP contribution < -0.4 is 0 Å². The molecule has 0 aromatic heterocycles. The smallest absolute Gasteiger partial charge is 0.306 e. The molecule has 0 amide bonds. The van der Waals surface area contributed by atoms with Crippen LogP contribution in [0, 0.1) is 0 Å². The maximum absolute atomic E-state index is 12.9. The van der Waals surface area contributed by atoms with Crippen LogP contribution >= 0.6 is 0 Å². The van der Waals surface area contributed by atoms with Gasteiger partial charge in [0.15, 0.2) is 6.10 Å². The highest BCUT2D eigenvalue weighted by atomic mass is 16.6. The van der Waals surface area contributed by atoms with Crippen molar-refractivity contribution in [2.24, 2.45) is 0 Å². The predicted octanol–water partition coefficient (Wildman–Crippen LogP) is 21.9. The quantitative estimate of drug-likeness (QED) is 0.0261. The average Bonchev–Trinajstić information content (AvgIpc) is 3.44. The summed E-state index contributed by atoms with van der Waals surface area (Å²) >= 11 is 0. The number of rotatable bonds is 56. The number of unbranched alkanes of at least 4 members (excludes halogenated alkanes) is 21. The topological polar surface area (TPSA) is 78.9 Å². The van der Waals surface area contributed by atoms with E-state index >= 15 is 0 Å². The number of carbonyl (C=O) groups is 3. The fourth-order valence-electron chi connectivity index (χ4n) is 8.36. The molecule has 440 valence electrons. The first-order valence-corrected chi connectivity index (χ1v) is 31.8. The Labute approximate surface area is 480 Å². The highest BCUT2D eigenvalue weighted by Gasteiger charge is 2.19. The number of hydrogen-bond acceptors (Lipinski definition) is 6. The molecular formula is C72H116O6. The lowest BCUT2D eigenvalue weighted by molar-refractivity contribution is -0.167. The Bertz CT molecular complexity index is 1710. The van der Waals surface area contributed by atoms with Crippen LogP contribution in [0.3, 0.4) is 0 Å². The second-order valence-electron chi connectivity index (χ2n) is 20.5. The van der Waals surface area contributed by atoms with Crippen molar-refractivity contribution in [1.82, 2.24) is 0 Å². The van der Waals surface area contributed by atoms with Gasteiger partial charge in [0.05, 0.1) is 0 Å². The molecule has 1 unspecified atom stereocenters. The molecule has 0 rings (SSSR count). The predicted molar refractivity (Wildman–Crippen MR) is 339 cm³/mol. The summed E-state index contributed by atoms with van der Waals surface area (Å²) < 4.78 is 16.9. The van der Waals surface area contributed by atoms with Crippen LogP contribution in [0.25, 0.3) is 0 Å². The van der Waals surface area contributed by atoms with Crippen LogP contribution in [-0.2, 0) is 28.6 Å². The molecule has 0 bridgehead atoms. The number of carbonyl (C=O) groups excluding carboxylic acids is 3. The van der Waals surface area contributed by atoms with Crippen molar-refractivity contribution in [2.75, 3.05) is 13.2 Å². The molecule has 0 aliphatic heterocycles. The third kappa shape index (κ3) is 62.1.